The highest BCUT2D eigenvalue weighted by Gasteiger charge is 2.35. The minimum Gasteiger partial charge on any atom is -0.361 e. The third-order valence-electron chi connectivity index (χ3n) is 5.24. The van der Waals surface area contributed by atoms with Crippen molar-refractivity contribution in [3.8, 4) is 0 Å². The molecular weight excluding hydrogens is 380 g/mol. The number of benzene rings is 1. The van der Waals surface area contributed by atoms with Crippen molar-refractivity contribution >= 4 is 32.5 Å². The number of nitrogens with zero attached hydrogens (tertiary/aromatic N) is 2. The Morgan fingerprint density at radius 1 is 1.25 bits per heavy atom. The summed E-state index contributed by atoms with van der Waals surface area (Å²) in [5.74, 6) is -0.0228. The van der Waals surface area contributed by atoms with E-state index in [-0.39, 0.29) is 22.5 Å². The van der Waals surface area contributed by atoms with Crippen LogP contribution in [-0.4, -0.2) is 41.9 Å². The fraction of sp³-hybridized carbons (Fsp3) is 0.368. The van der Waals surface area contributed by atoms with Crippen LogP contribution in [0.15, 0.2) is 39.9 Å². The van der Waals surface area contributed by atoms with Crippen molar-refractivity contribution in [3.63, 3.8) is 0 Å². The number of rotatable bonds is 4. The second-order valence-corrected chi connectivity index (χ2v) is 8.94. The van der Waals surface area contributed by atoms with Crippen LogP contribution in [0.3, 0.4) is 0 Å². The number of nitrogens with one attached hydrogen (secondary N) is 2. The molecule has 0 unspecified atom stereocenters. The lowest BCUT2D eigenvalue weighted by molar-refractivity contribution is -0.120. The number of fused-ring (bicyclic) bond motifs is 1. The summed E-state index contributed by atoms with van der Waals surface area (Å²) in [6, 6.07) is 7.62. The molecule has 0 bridgehead atoms. The maximum absolute atomic E-state index is 12.9. The molecule has 0 aliphatic carbocycles. The molecule has 0 spiro atoms. The number of carbonyl (C=O) groups excluding carboxylic acids is 1. The lowest BCUT2D eigenvalue weighted by atomic mass is 9.97. The van der Waals surface area contributed by atoms with Gasteiger partial charge in [0, 0.05) is 36.1 Å². The molecule has 2 N–H and O–H groups in total. The maximum Gasteiger partial charge on any atom is 0.248 e. The zero-order valence-electron chi connectivity index (χ0n) is 15.7. The molecular formula is C19H22N4O4S. The zero-order valence-corrected chi connectivity index (χ0v) is 16.5. The topological polar surface area (TPSA) is 108 Å². The highest BCUT2D eigenvalue weighted by Crippen LogP contribution is 2.29. The zero-order chi connectivity index (χ0) is 19.9. The minimum absolute atomic E-state index is 0.0805. The summed E-state index contributed by atoms with van der Waals surface area (Å²) in [7, 11) is -3.67. The molecule has 0 saturated carbocycles. The predicted octanol–water partition coefficient (Wildman–Crippen LogP) is 2.81. The fourth-order valence-electron chi connectivity index (χ4n) is 3.76. The first kappa shape index (κ1) is 18.7. The van der Waals surface area contributed by atoms with Crippen LogP contribution in [0.25, 0.3) is 10.9 Å². The van der Waals surface area contributed by atoms with Crippen molar-refractivity contribution < 1.29 is 17.7 Å². The molecule has 9 heteroatoms. The van der Waals surface area contributed by atoms with E-state index < -0.39 is 10.0 Å². The third kappa shape index (κ3) is 3.20. The number of H-pyrrole nitrogens is 1. The van der Waals surface area contributed by atoms with Gasteiger partial charge in [-0.25, -0.2) is 8.42 Å². The van der Waals surface area contributed by atoms with Crippen molar-refractivity contribution in [2.75, 3.05) is 18.4 Å². The number of hydrogen-bond donors (Lipinski definition) is 2. The van der Waals surface area contributed by atoms with Crippen LogP contribution >= 0.6 is 0 Å². The second kappa shape index (κ2) is 7.06. The molecule has 0 atom stereocenters. The normalized spacial score (nSPS) is 16.5. The first-order chi connectivity index (χ1) is 13.4. The monoisotopic (exact) mass is 402 g/mol. The Kier molecular flexibility index (Phi) is 4.72. The van der Waals surface area contributed by atoms with Crippen LogP contribution in [-0.2, 0) is 14.8 Å². The van der Waals surface area contributed by atoms with Gasteiger partial charge in [0.1, 0.15) is 10.6 Å². The van der Waals surface area contributed by atoms with Crippen molar-refractivity contribution in [3.05, 3.63) is 41.9 Å². The van der Waals surface area contributed by atoms with Crippen LogP contribution in [0, 0.1) is 19.8 Å². The Hall–Kier alpha value is -2.65. The number of amides is 1. The average molecular weight is 402 g/mol. The van der Waals surface area contributed by atoms with Gasteiger partial charge in [-0.05, 0) is 44.9 Å². The van der Waals surface area contributed by atoms with Gasteiger partial charge in [0.05, 0.1) is 5.69 Å². The van der Waals surface area contributed by atoms with Gasteiger partial charge in [0.2, 0.25) is 15.9 Å². The van der Waals surface area contributed by atoms with Gasteiger partial charge in [-0.1, -0.05) is 11.2 Å². The predicted molar refractivity (Wildman–Crippen MR) is 104 cm³/mol. The minimum atomic E-state index is -3.67. The molecule has 1 aliphatic heterocycles. The molecule has 2 aromatic heterocycles. The molecule has 148 valence electrons. The molecule has 1 aromatic carbocycles. The number of aromatic nitrogens is 2. The van der Waals surface area contributed by atoms with Gasteiger partial charge in [-0.15, -0.1) is 0 Å². The van der Waals surface area contributed by atoms with E-state index in [0.29, 0.717) is 31.6 Å². The van der Waals surface area contributed by atoms with E-state index in [0.717, 1.165) is 16.6 Å². The molecule has 28 heavy (non-hydrogen) atoms. The number of carbonyl (C=O) groups is 1. The molecule has 1 amide bonds. The summed E-state index contributed by atoms with van der Waals surface area (Å²) in [5, 5.41) is 7.68. The summed E-state index contributed by atoms with van der Waals surface area (Å²) in [4.78, 5) is 16.0. The van der Waals surface area contributed by atoms with E-state index in [9.17, 15) is 13.2 Å². The highest BCUT2D eigenvalue weighted by atomic mass is 32.2. The Balaban J connectivity index is 1.44. The quantitative estimate of drug-likeness (QED) is 0.698. The lowest BCUT2D eigenvalue weighted by Crippen LogP contribution is -2.41. The van der Waals surface area contributed by atoms with Crippen LogP contribution in [0.5, 0.6) is 0 Å². The lowest BCUT2D eigenvalue weighted by Gasteiger charge is -2.30. The number of anilines is 1. The number of sulfonamides is 1. The smallest absolute Gasteiger partial charge is 0.248 e. The van der Waals surface area contributed by atoms with E-state index in [1.54, 1.807) is 13.8 Å². The fourth-order valence-corrected chi connectivity index (χ4v) is 5.52. The molecule has 3 aromatic rings. The Bertz CT molecular complexity index is 1100. The van der Waals surface area contributed by atoms with Crippen LogP contribution in [0.4, 0.5) is 5.69 Å². The molecule has 1 saturated heterocycles. The van der Waals surface area contributed by atoms with Gasteiger partial charge < -0.3 is 14.8 Å². The summed E-state index contributed by atoms with van der Waals surface area (Å²) < 4.78 is 32.2. The van der Waals surface area contributed by atoms with E-state index in [2.05, 4.69) is 15.5 Å². The summed E-state index contributed by atoms with van der Waals surface area (Å²) >= 11 is 0. The van der Waals surface area contributed by atoms with Crippen molar-refractivity contribution in [2.45, 2.75) is 31.6 Å². The summed E-state index contributed by atoms with van der Waals surface area (Å²) in [5.41, 5.74) is 2.07. The molecule has 3 heterocycles. The second-order valence-electron chi connectivity index (χ2n) is 7.07. The van der Waals surface area contributed by atoms with E-state index >= 15 is 0 Å². The van der Waals surface area contributed by atoms with E-state index in [1.807, 2.05) is 30.5 Å². The molecule has 0 radical (unpaired) electrons. The Morgan fingerprint density at radius 3 is 2.68 bits per heavy atom. The molecule has 1 fully saturated rings. The van der Waals surface area contributed by atoms with Gasteiger partial charge in [0.15, 0.2) is 5.76 Å². The SMILES string of the molecule is Cc1noc(C)c1S(=O)(=O)N1CCC(C(=O)Nc2cccc3[nH]ccc23)CC1. The van der Waals surface area contributed by atoms with Gasteiger partial charge >= 0.3 is 0 Å². The van der Waals surface area contributed by atoms with Gasteiger partial charge in [-0.3, -0.25) is 4.79 Å². The first-order valence-corrected chi connectivity index (χ1v) is 10.6. The largest absolute Gasteiger partial charge is 0.361 e. The van der Waals surface area contributed by atoms with Crippen LogP contribution < -0.4 is 5.32 Å². The summed E-state index contributed by atoms with van der Waals surface area (Å²) in [6.45, 7) is 3.79. The first-order valence-electron chi connectivity index (χ1n) is 9.18. The van der Waals surface area contributed by atoms with Gasteiger partial charge in [0.25, 0.3) is 0 Å². The number of piperidine rings is 1. The number of hydrogen-bond acceptors (Lipinski definition) is 5. The Labute approximate surface area is 162 Å². The van der Waals surface area contributed by atoms with Crippen LogP contribution in [0.1, 0.15) is 24.3 Å². The van der Waals surface area contributed by atoms with Crippen molar-refractivity contribution in [1.29, 1.82) is 0 Å². The number of aromatic amines is 1. The number of aryl methyl sites for hydroxylation is 2. The van der Waals surface area contributed by atoms with E-state index in [4.69, 9.17) is 4.52 Å². The van der Waals surface area contributed by atoms with Crippen molar-refractivity contribution in [1.82, 2.24) is 14.4 Å². The van der Waals surface area contributed by atoms with Crippen LogP contribution in [0.2, 0.25) is 0 Å². The summed E-state index contributed by atoms with van der Waals surface area (Å²) in [6.07, 6.45) is 2.77. The molecule has 4 rings (SSSR count). The maximum atomic E-state index is 12.9. The molecule has 8 nitrogen and oxygen atoms in total. The third-order valence-corrected chi connectivity index (χ3v) is 7.39. The Morgan fingerprint density at radius 2 is 2.00 bits per heavy atom. The van der Waals surface area contributed by atoms with E-state index in [1.165, 1.54) is 4.31 Å². The van der Waals surface area contributed by atoms with Gasteiger partial charge in [-0.2, -0.15) is 4.31 Å². The standard InChI is InChI=1S/C19H22N4O4S/c1-12-18(13(2)27-22-12)28(25,26)23-10-7-14(8-11-23)19(24)21-17-5-3-4-16-15(17)6-9-20-16/h3-6,9,14,20H,7-8,10-11H2,1-2H3,(H,21,24). The average Bonchev–Trinajstić information content (AvgIpc) is 3.29. The molecule has 1 aliphatic rings. The van der Waals surface area contributed by atoms with Crippen molar-refractivity contribution in [2.24, 2.45) is 5.92 Å². The highest BCUT2D eigenvalue weighted by molar-refractivity contribution is 7.89.